The molecule has 0 aliphatic heterocycles. The Hall–Kier alpha value is -3.13. The molecular weight excluding hydrogens is 385 g/mol. The maximum Gasteiger partial charge on any atom is 0.416 e. The van der Waals surface area contributed by atoms with E-state index in [0.29, 0.717) is 6.42 Å². The van der Waals surface area contributed by atoms with Crippen molar-refractivity contribution in [2.24, 2.45) is 0 Å². The van der Waals surface area contributed by atoms with Crippen molar-refractivity contribution in [2.45, 2.75) is 31.7 Å². The van der Waals surface area contributed by atoms with Crippen LogP contribution in [0.15, 0.2) is 52.9 Å². The van der Waals surface area contributed by atoms with Gasteiger partial charge in [0.2, 0.25) is 5.89 Å². The summed E-state index contributed by atoms with van der Waals surface area (Å²) < 4.78 is 44.3. The second kappa shape index (κ2) is 7.04. The first kappa shape index (κ1) is 19.2. The molecule has 2 aromatic carbocycles. The summed E-state index contributed by atoms with van der Waals surface area (Å²) in [7, 11) is 0. The molecule has 0 radical (unpaired) electrons. The van der Waals surface area contributed by atoms with Gasteiger partial charge in [-0.25, -0.2) is 4.98 Å². The van der Waals surface area contributed by atoms with Crippen LogP contribution < -0.4 is 5.32 Å². The van der Waals surface area contributed by atoms with E-state index in [1.807, 2.05) is 24.3 Å². The molecule has 0 fully saturated rings. The molecular formula is C21H17F3N2O3. The van der Waals surface area contributed by atoms with Crippen LogP contribution in [-0.4, -0.2) is 22.1 Å². The molecule has 0 bridgehead atoms. The second-order valence-electron chi connectivity index (χ2n) is 6.92. The highest BCUT2D eigenvalue weighted by Gasteiger charge is 2.34. The molecule has 0 unspecified atom stereocenters. The molecule has 5 nitrogen and oxygen atoms in total. The van der Waals surface area contributed by atoms with Crippen molar-refractivity contribution in [2.75, 3.05) is 0 Å². The van der Waals surface area contributed by atoms with E-state index in [0.717, 1.165) is 23.3 Å². The minimum atomic E-state index is -4.50. The van der Waals surface area contributed by atoms with Crippen LogP contribution in [0.25, 0.3) is 11.5 Å². The number of amides is 1. The number of aliphatic hydroxyl groups is 1. The summed E-state index contributed by atoms with van der Waals surface area (Å²) >= 11 is 0. The lowest BCUT2D eigenvalue weighted by Crippen LogP contribution is -2.34. The quantitative estimate of drug-likeness (QED) is 0.693. The summed E-state index contributed by atoms with van der Waals surface area (Å²) in [4.78, 5) is 16.8. The fraction of sp³-hybridized carbons (Fsp3) is 0.238. The number of hydrogen-bond acceptors (Lipinski definition) is 4. The van der Waals surface area contributed by atoms with E-state index in [-0.39, 0.29) is 22.9 Å². The zero-order valence-corrected chi connectivity index (χ0v) is 15.3. The smallest absolute Gasteiger partial charge is 0.416 e. The van der Waals surface area contributed by atoms with Crippen molar-refractivity contribution in [3.05, 3.63) is 76.7 Å². The monoisotopic (exact) mass is 402 g/mol. The van der Waals surface area contributed by atoms with Crippen molar-refractivity contribution in [1.29, 1.82) is 0 Å². The van der Waals surface area contributed by atoms with Gasteiger partial charge in [0.05, 0.1) is 17.7 Å². The second-order valence-corrected chi connectivity index (χ2v) is 6.92. The van der Waals surface area contributed by atoms with Gasteiger partial charge < -0.3 is 14.8 Å². The minimum Gasteiger partial charge on any atom is -0.441 e. The molecule has 29 heavy (non-hydrogen) atoms. The number of aromatic nitrogens is 1. The predicted molar refractivity (Wildman–Crippen MR) is 98.0 cm³/mol. The summed E-state index contributed by atoms with van der Waals surface area (Å²) in [5.74, 6) is -0.466. The number of carbonyl (C=O) groups is 1. The number of aliphatic hydroxyl groups excluding tert-OH is 1. The van der Waals surface area contributed by atoms with Crippen LogP contribution in [0.1, 0.15) is 39.0 Å². The highest BCUT2D eigenvalue weighted by molar-refractivity contribution is 5.94. The third-order valence-corrected chi connectivity index (χ3v) is 4.94. The number of nitrogens with zero attached hydrogens (tertiary/aromatic N) is 1. The Kier molecular flexibility index (Phi) is 4.66. The third kappa shape index (κ3) is 3.63. The molecule has 3 aromatic rings. The fourth-order valence-corrected chi connectivity index (χ4v) is 3.52. The third-order valence-electron chi connectivity index (χ3n) is 4.94. The van der Waals surface area contributed by atoms with Gasteiger partial charge in [0.25, 0.3) is 5.91 Å². The summed E-state index contributed by atoms with van der Waals surface area (Å²) in [6, 6.07) is 11.4. The number of fused-ring (bicyclic) bond motifs is 1. The van der Waals surface area contributed by atoms with Crippen LogP contribution in [0.3, 0.4) is 0 Å². The van der Waals surface area contributed by atoms with Crippen LogP contribution in [-0.2, 0) is 12.6 Å². The number of alkyl halides is 3. The van der Waals surface area contributed by atoms with Crippen molar-refractivity contribution in [3.8, 4) is 11.5 Å². The van der Waals surface area contributed by atoms with Crippen molar-refractivity contribution in [3.63, 3.8) is 0 Å². The van der Waals surface area contributed by atoms with E-state index in [1.54, 1.807) is 0 Å². The maximum atomic E-state index is 12.9. The van der Waals surface area contributed by atoms with Gasteiger partial charge in [0.1, 0.15) is 5.76 Å². The number of halogens is 3. The van der Waals surface area contributed by atoms with E-state index >= 15 is 0 Å². The molecule has 1 aliphatic rings. The number of oxazole rings is 1. The van der Waals surface area contributed by atoms with Crippen molar-refractivity contribution >= 4 is 5.91 Å². The first-order valence-corrected chi connectivity index (χ1v) is 8.96. The number of rotatable bonds is 3. The highest BCUT2D eigenvalue weighted by Crippen LogP contribution is 2.33. The Morgan fingerprint density at radius 1 is 1.21 bits per heavy atom. The molecule has 1 amide bonds. The lowest BCUT2D eigenvalue weighted by atomic mass is 10.1. The van der Waals surface area contributed by atoms with E-state index in [1.165, 1.54) is 19.1 Å². The molecule has 4 rings (SSSR count). The molecule has 0 saturated heterocycles. The van der Waals surface area contributed by atoms with Crippen LogP contribution in [0.5, 0.6) is 0 Å². The van der Waals surface area contributed by atoms with Crippen LogP contribution >= 0.6 is 0 Å². The molecule has 1 heterocycles. The fourth-order valence-electron chi connectivity index (χ4n) is 3.52. The number of nitrogens with one attached hydrogen (secondary N) is 1. The van der Waals surface area contributed by atoms with Gasteiger partial charge >= 0.3 is 6.18 Å². The SMILES string of the molecule is Cc1oc(-c2cccc(C(F)(F)F)c2)nc1C(=O)N[C@@H]1c2ccccc2C[C@@H]1O. The Balaban J connectivity index is 1.60. The highest BCUT2D eigenvalue weighted by atomic mass is 19.4. The van der Waals surface area contributed by atoms with E-state index in [4.69, 9.17) is 4.42 Å². The van der Waals surface area contributed by atoms with Gasteiger partial charge in [-0.1, -0.05) is 30.3 Å². The van der Waals surface area contributed by atoms with Crippen LogP contribution in [0.2, 0.25) is 0 Å². The number of aryl methyl sites for hydroxylation is 1. The summed E-state index contributed by atoms with van der Waals surface area (Å²) in [5, 5.41) is 13.1. The standard InChI is InChI=1S/C21H17F3N2O3/c1-11-17(19(28)25-18-15-8-3-2-5-12(15)10-16(18)27)26-20(29-11)13-6-4-7-14(9-13)21(22,23)24/h2-9,16,18,27H,10H2,1H3,(H,25,28)/t16-,18+/m0/s1. The molecule has 0 saturated carbocycles. The van der Waals surface area contributed by atoms with Gasteiger partial charge in [-0.15, -0.1) is 0 Å². The van der Waals surface area contributed by atoms with E-state index in [2.05, 4.69) is 10.3 Å². The summed E-state index contributed by atoms with van der Waals surface area (Å²) in [6.45, 7) is 1.51. The van der Waals surface area contributed by atoms with Gasteiger partial charge in [0, 0.05) is 12.0 Å². The lowest BCUT2D eigenvalue weighted by Gasteiger charge is -2.17. The molecule has 2 atom stereocenters. The van der Waals surface area contributed by atoms with E-state index in [9.17, 15) is 23.1 Å². The van der Waals surface area contributed by atoms with Gasteiger partial charge in [-0.3, -0.25) is 4.79 Å². The molecule has 0 spiro atoms. The molecule has 1 aromatic heterocycles. The minimum absolute atomic E-state index is 0.0333. The summed E-state index contributed by atoms with van der Waals surface area (Å²) in [6.07, 6.45) is -4.84. The van der Waals surface area contributed by atoms with Gasteiger partial charge in [0.15, 0.2) is 5.69 Å². The Bertz CT molecular complexity index is 1080. The summed E-state index contributed by atoms with van der Waals surface area (Å²) in [5.41, 5.74) is 1.03. The zero-order chi connectivity index (χ0) is 20.8. The normalized spacial score (nSPS) is 18.5. The van der Waals surface area contributed by atoms with E-state index < -0.39 is 29.8 Å². The van der Waals surface area contributed by atoms with Crippen molar-refractivity contribution < 1.29 is 27.5 Å². The van der Waals surface area contributed by atoms with Gasteiger partial charge in [-0.05, 0) is 36.2 Å². The zero-order valence-electron chi connectivity index (χ0n) is 15.3. The van der Waals surface area contributed by atoms with Crippen molar-refractivity contribution in [1.82, 2.24) is 10.3 Å². The number of benzene rings is 2. The van der Waals surface area contributed by atoms with Crippen LogP contribution in [0, 0.1) is 6.92 Å². The maximum absolute atomic E-state index is 12.9. The number of hydrogen-bond donors (Lipinski definition) is 2. The Morgan fingerprint density at radius 2 is 1.97 bits per heavy atom. The average molecular weight is 402 g/mol. The molecule has 150 valence electrons. The first-order valence-electron chi connectivity index (χ1n) is 8.96. The number of carbonyl (C=O) groups excluding carboxylic acids is 1. The lowest BCUT2D eigenvalue weighted by molar-refractivity contribution is -0.137. The predicted octanol–water partition coefficient (Wildman–Crippen LogP) is 4.06. The topological polar surface area (TPSA) is 75.4 Å². The first-order chi connectivity index (χ1) is 13.7. The molecule has 2 N–H and O–H groups in total. The average Bonchev–Trinajstić information content (AvgIpc) is 3.21. The largest absolute Gasteiger partial charge is 0.441 e. The van der Waals surface area contributed by atoms with Crippen LogP contribution in [0.4, 0.5) is 13.2 Å². The Labute approximate surface area is 164 Å². The molecule has 1 aliphatic carbocycles. The van der Waals surface area contributed by atoms with Gasteiger partial charge in [-0.2, -0.15) is 13.2 Å². The Morgan fingerprint density at radius 3 is 2.72 bits per heavy atom. The molecule has 8 heteroatoms.